The van der Waals surface area contributed by atoms with Gasteiger partial charge in [-0.15, -0.1) is 10.2 Å². The minimum absolute atomic E-state index is 0.476. The van der Waals surface area contributed by atoms with Gasteiger partial charge in [-0.2, -0.15) is 11.8 Å². The molecular formula is C13H14ClN3S. The van der Waals surface area contributed by atoms with Crippen molar-refractivity contribution < 1.29 is 0 Å². The SMILES string of the molecule is CN(c1nnc(Cl)c2ccccc12)C1CCSC1. The third-order valence-corrected chi connectivity index (χ3v) is 4.83. The second-order valence-electron chi connectivity index (χ2n) is 4.49. The largest absolute Gasteiger partial charge is 0.354 e. The molecule has 2 heterocycles. The van der Waals surface area contributed by atoms with Gasteiger partial charge in [0.05, 0.1) is 0 Å². The van der Waals surface area contributed by atoms with Crippen LogP contribution in [0, 0.1) is 0 Å². The number of hydrogen-bond donors (Lipinski definition) is 0. The minimum atomic E-state index is 0.476. The summed E-state index contributed by atoms with van der Waals surface area (Å²) in [5.41, 5.74) is 0. The van der Waals surface area contributed by atoms with Gasteiger partial charge >= 0.3 is 0 Å². The van der Waals surface area contributed by atoms with Gasteiger partial charge in [0.1, 0.15) is 0 Å². The average molecular weight is 280 g/mol. The van der Waals surface area contributed by atoms with Crippen LogP contribution in [0.5, 0.6) is 0 Å². The van der Waals surface area contributed by atoms with E-state index in [1.54, 1.807) is 0 Å². The number of thioether (sulfide) groups is 1. The topological polar surface area (TPSA) is 29.0 Å². The van der Waals surface area contributed by atoms with Gasteiger partial charge in [-0.05, 0) is 12.2 Å². The first-order valence-electron chi connectivity index (χ1n) is 5.99. The summed E-state index contributed by atoms with van der Waals surface area (Å²) in [6.07, 6.45) is 1.21. The Labute approximate surface area is 116 Å². The number of halogens is 1. The summed E-state index contributed by atoms with van der Waals surface area (Å²) in [4.78, 5) is 2.24. The number of rotatable bonds is 2. The van der Waals surface area contributed by atoms with Crippen LogP contribution in [0.15, 0.2) is 24.3 Å². The first-order valence-corrected chi connectivity index (χ1v) is 7.52. The zero-order chi connectivity index (χ0) is 12.5. The Hall–Kier alpha value is -1.00. The van der Waals surface area contributed by atoms with Gasteiger partial charge < -0.3 is 4.90 Å². The van der Waals surface area contributed by atoms with Gasteiger partial charge in [0.2, 0.25) is 0 Å². The fourth-order valence-corrected chi connectivity index (χ4v) is 3.79. The molecule has 1 aliphatic rings. The highest BCUT2D eigenvalue weighted by molar-refractivity contribution is 7.99. The van der Waals surface area contributed by atoms with Gasteiger partial charge in [0, 0.05) is 29.6 Å². The van der Waals surface area contributed by atoms with E-state index in [4.69, 9.17) is 11.6 Å². The lowest BCUT2D eigenvalue weighted by Crippen LogP contribution is -2.32. The predicted octanol–water partition coefficient (Wildman–Crippen LogP) is 3.22. The standard InChI is InChI=1S/C13H14ClN3S/c1-17(9-6-7-18-8-9)13-11-5-3-2-4-10(11)12(14)15-16-13/h2-5,9H,6-8H2,1H3. The van der Waals surface area contributed by atoms with Crippen molar-refractivity contribution in [2.24, 2.45) is 0 Å². The van der Waals surface area contributed by atoms with Crippen molar-refractivity contribution in [2.45, 2.75) is 12.5 Å². The summed E-state index contributed by atoms with van der Waals surface area (Å²) in [7, 11) is 2.10. The molecule has 0 aliphatic carbocycles. The summed E-state index contributed by atoms with van der Waals surface area (Å²) in [6.45, 7) is 0. The van der Waals surface area contributed by atoms with Crippen LogP contribution in [0.4, 0.5) is 5.82 Å². The van der Waals surface area contributed by atoms with Gasteiger partial charge in [-0.1, -0.05) is 35.9 Å². The molecule has 1 saturated heterocycles. The molecule has 1 atom stereocenters. The van der Waals surface area contributed by atoms with Crippen LogP contribution in [0.2, 0.25) is 5.15 Å². The molecule has 1 aromatic heterocycles. The summed E-state index contributed by atoms with van der Waals surface area (Å²) in [6, 6.07) is 8.59. The molecule has 5 heteroatoms. The Bertz CT molecular complexity index is 569. The van der Waals surface area contributed by atoms with Crippen LogP contribution >= 0.6 is 23.4 Å². The second-order valence-corrected chi connectivity index (χ2v) is 6.00. The second kappa shape index (κ2) is 4.94. The van der Waals surface area contributed by atoms with Crippen LogP contribution in [0.25, 0.3) is 10.8 Å². The highest BCUT2D eigenvalue weighted by Crippen LogP contribution is 2.31. The van der Waals surface area contributed by atoms with Crippen LogP contribution in [-0.2, 0) is 0 Å². The Morgan fingerprint density at radius 1 is 1.28 bits per heavy atom. The third kappa shape index (κ3) is 2.04. The molecule has 0 saturated carbocycles. The normalized spacial score (nSPS) is 19.3. The molecular weight excluding hydrogens is 266 g/mol. The van der Waals surface area contributed by atoms with Crippen LogP contribution < -0.4 is 4.90 Å². The van der Waals surface area contributed by atoms with Crippen molar-refractivity contribution in [3.63, 3.8) is 0 Å². The van der Waals surface area contributed by atoms with E-state index >= 15 is 0 Å². The average Bonchev–Trinajstić information content (AvgIpc) is 2.93. The first kappa shape index (κ1) is 12.1. The molecule has 0 radical (unpaired) electrons. The summed E-state index contributed by atoms with van der Waals surface area (Å²) >= 11 is 8.09. The quantitative estimate of drug-likeness (QED) is 0.844. The van der Waals surface area contributed by atoms with Gasteiger partial charge in [-0.3, -0.25) is 0 Å². The Kier molecular flexibility index (Phi) is 3.31. The van der Waals surface area contributed by atoms with Crippen LogP contribution in [-0.4, -0.2) is 34.8 Å². The number of hydrogen-bond acceptors (Lipinski definition) is 4. The molecule has 3 rings (SSSR count). The highest BCUT2D eigenvalue weighted by atomic mass is 35.5. The maximum absolute atomic E-state index is 6.10. The van der Waals surface area contributed by atoms with E-state index in [0.717, 1.165) is 22.3 Å². The lowest BCUT2D eigenvalue weighted by molar-refractivity contribution is 0.689. The zero-order valence-corrected chi connectivity index (χ0v) is 11.7. The first-order chi connectivity index (χ1) is 8.77. The van der Waals surface area contributed by atoms with Gasteiger partial charge in [-0.25, -0.2) is 0 Å². The smallest absolute Gasteiger partial charge is 0.159 e. The molecule has 1 unspecified atom stereocenters. The van der Waals surface area contributed by atoms with E-state index in [0.29, 0.717) is 11.2 Å². The molecule has 2 aromatic rings. The number of aromatic nitrogens is 2. The lowest BCUT2D eigenvalue weighted by Gasteiger charge is -2.25. The number of nitrogens with zero attached hydrogens (tertiary/aromatic N) is 3. The van der Waals surface area contributed by atoms with Gasteiger partial charge in [0.15, 0.2) is 11.0 Å². The maximum Gasteiger partial charge on any atom is 0.159 e. The molecule has 0 bridgehead atoms. The van der Waals surface area contributed by atoms with Crippen molar-refractivity contribution in [1.82, 2.24) is 10.2 Å². The lowest BCUT2D eigenvalue weighted by atomic mass is 10.1. The zero-order valence-electron chi connectivity index (χ0n) is 10.1. The fraction of sp³-hybridized carbons (Fsp3) is 0.385. The van der Waals surface area contributed by atoms with Crippen molar-refractivity contribution in [3.8, 4) is 0 Å². The molecule has 0 spiro atoms. The van der Waals surface area contributed by atoms with E-state index < -0.39 is 0 Å². The molecule has 1 fully saturated rings. The molecule has 18 heavy (non-hydrogen) atoms. The fourth-order valence-electron chi connectivity index (χ4n) is 2.32. The van der Waals surface area contributed by atoms with E-state index in [2.05, 4.69) is 28.2 Å². The summed E-state index contributed by atoms with van der Waals surface area (Å²) < 4.78 is 0. The highest BCUT2D eigenvalue weighted by Gasteiger charge is 2.23. The van der Waals surface area contributed by atoms with Crippen LogP contribution in [0.1, 0.15) is 6.42 Å². The Balaban J connectivity index is 2.08. The maximum atomic E-state index is 6.10. The molecule has 0 N–H and O–H groups in total. The molecule has 3 nitrogen and oxygen atoms in total. The number of benzene rings is 1. The number of fused-ring (bicyclic) bond motifs is 1. The monoisotopic (exact) mass is 279 g/mol. The summed E-state index contributed by atoms with van der Waals surface area (Å²) in [5.74, 6) is 3.32. The predicted molar refractivity (Wildman–Crippen MR) is 78.7 cm³/mol. The summed E-state index contributed by atoms with van der Waals surface area (Å²) in [5, 5.41) is 10.9. The van der Waals surface area contributed by atoms with Crippen LogP contribution in [0.3, 0.4) is 0 Å². The molecule has 1 aliphatic heterocycles. The Morgan fingerprint density at radius 2 is 2.06 bits per heavy atom. The van der Waals surface area contributed by atoms with Crippen molar-refractivity contribution in [3.05, 3.63) is 29.4 Å². The molecule has 94 valence electrons. The Morgan fingerprint density at radius 3 is 2.78 bits per heavy atom. The van der Waals surface area contributed by atoms with E-state index in [9.17, 15) is 0 Å². The molecule has 1 aromatic carbocycles. The van der Waals surface area contributed by atoms with E-state index in [1.807, 2.05) is 30.0 Å². The van der Waals surface area contributed by atoms with E-state index in [-0.39, 0.29) is 0 Å². The van der Waals surface area contributed by atoms with Crippen molar-refractivity contribution in [2.75, 3.05) is 23.5 Å². The van der Waals surface area contributed by atoms with Crippen molar-refractivity contribution in [1.29, 1.82) is 0 Å². The van der Waals surface area contributed by atoms with Gasteiger partial charge in [0.25, 0.3) is 0 Å². The third-order valence-electron chi connectivity index (χ3n) is 3.41. The molecule has 0 amide bonds. The van der Waals surface area contributed by atoms with E-state index in [1.165, 1.54) is 12.2 Å². The number of anilines is 1. The van der Waals surface area contributed by atoms with Crippen molar-refractivity contribution >= 4 is 40.0 Å². The minimum Gasteiger partial charge on any atom is -0.354 e.